The lowest BCUT2D eigenvalue weighted by Crippen LogP contribution is -2.23. The number of anilines is 2. The van der Waals surface area contributed by atoms with Gasteiger partial charge in [-0.05, 0) is 42.7 Å². The Kier molecular flexibility index (Phi) is 7.10. The Labute approximate surface area is 186 Å². The minimum Gasteiger partial charge on any atom is -0.493 e. The highest BCUT2D eigenvalue weighted by atomic mass is 35.5. The summed E-state index contributed by atoms with van der Waals surface area (Å²) < 4.78 is 11.1. The summed E-state index contributed by atoms with van der Waals surface area (Å²) in [5, 5.41) is 3.44. The van der Waals surface area contributed by atoms with Crippen LogP contribution >= 0.6 is 23.2 Å². The van der Waals surface area contributed by atoms with E-state index in [9.17, 15) is 9.59 Å². The lowest BCUT2D eigenvalue weighted by atomic mass is 10.1. The van der Waals surface area contributed by atoms with Gasteiger partial charge in [-0.2, -0.15) is 0 Å². The molecular formula is C22H24Cl2N2O4. The molecule has 1 aliphatic heterocycles. The van der Waals surface area contributed by atoms with E-state index in [-0.39, 0.29) is 10.9 Å². The number of nitrogens with zero attached hydrogens (tertiary/aromatic N) is 1. The second-order valence-electron chi connectivity index (χ2n) is 7.46. The molecule has 0 saturated carbocycles. The minimum atomic E-state index is -0.405. The quantitative estimate of drug-likeness (QED) is 0.611. The molecule has 1 aliphatic rings. The van der Waals surface area contributed by atoms with Gasteiger partial charge in [-0.25, -0.2) is 0 Å². The zero-order valence-corrected chi connectivity index (χ0v) is 18.6. The summed E-state index contributed by atoms with van der Waals surface area (Å²) in [4.78, 5) is 26.6. The predicted octanol–water partition coefficient (Wildman–Crippen LogP) is 5.42. The van der Waals surface area contributed by atoms with Gasteiger partial charge in [-0.3, -0.25) is 9.59 Å². The molecule has 1 heterocycles. The van der Waals surface area contributed by atoms with Crippen molar-refractivity contribution in [1.29, 1.82) is 0 Å². The highest BCUT2D eigenvalue weighted by Gasteiger charge is 2.23. The summed E-state index contributed by atoms with van der Waals surface area (Å²) in [5.74, 6) is 0.735. The van der Waals surface area contributed by atoms with Crippen LogP contribution in [0.4, 0.5) is 11.4 Å². The van der Waals surface area contributed by atoms with Crippen molar-refractivity contribution in [2.24, 2.45) is 5.92 Å². The van der Waals surface area contributed by atoms with Gasteiger partial charge in [0.15, 0.2) is 11.5 Å². The van der Waals surface area contributed by atoms with Crippen LogP contribution in [0.1, 0.15) is 37.0 Å². The minimum absolute atomic E-state index is 0.0584. The zero-order chi connectivity index (χ0) is 21.8. The molecule has 0 bridgehead atoms. The van der Waals surface area contributed by atoms with Crippen molar-refractivity contribution in [2.75, 3.05) is 30.5 Å². The van der Waals surface area contributed by atoms with E-state index >= 15 is 0 Å². The number of rotatable bonds is 7. The van der Waals surface area contributed by atoms with E-state index in [0.29, 0.717) is 59.0 Å². The standard InChI is InChI=1S/C22H24Cl2N2O4/c1-13(2)12-30-21-17(24)9-14(10-19(21)29-3)22(28)25-18-11-15(6-7-16(18)23)26-8-4-5-20(26)27/h6-7,9-11,13H,4-5,8,12H2,1-3H3,(H,25,28). The molecule has 1 fully saturated rings. The molecule has 30 heavy (non-hydrogen) atoms. The summed E-state index contributed by atoms with van der Waals surface area (Å²) in [7, 11) is 1.49. The van der Waals surface area contributed by atoms with Crippen LogP contribution in [0.15, 0.2) is 30.3 Å². The Morgan fingerprint density at radius 3 is 2.60 bits per heavy atom. The molecular weight excluding hydrogens is 427 g/mol. The number of carbonyl (C=O) groups is 2. The first kappa shape index (κ1) is 22.2. The summed E-state index contributed by atoms with van der Waals surface area (Å²) >= 11 is 12.6. The van der Waals surface area contributed by atoms with Crippen LogP contribution in [0.5, 0.6) is 11.5 Å². The van der Waals surface area contributed by atoms with Crippen LogP contribution in [0, 0.1) is 5.92 Å². The highest BCUT2D eigenvalue weighted by Crippen LogP contribution is 2.37. The Balaban J connectivity index is 1.83. The third-order valence-corrected chi connectivity index (χ3v) is 5.25. The molecule has 0 unspecified atom stereocenters. The summed E-state index contributed by atoms with van der Waals surface area (Å²) in [6.07, 6.45) is 1.33. The van der Waals surface area contributed by atoms with Gasteiger partial charge in [0.05, 0.1) is 29.4 Å². The number of amides is 2. The molecule has 0 spiro atoms. The van der Waals surface area contributed by atoms with Gasteiger partial charge in [0.1, 0.15) is 0 Å². The third kappa shape index (κ3) is 4.99. The van der Waals surface area contributed by atoms with E-state index in [1.165, 1.54) is 13.2 Å². The van der Waals surface area contributed by atoms with Crippen molar-refractivity contribution in [2.45, 2.75) is 26.7 Å². The fourth-order valence-electron chi connectivity index (χ4n) is 3.13. The molecule has 2 aromatic carbocycles. The van der Waals surface area contributed by atoms with Gasteiger partial charge >= 0.3 is 0 Å². The molecule has 2 amide bonds. The number of hydrogen-bond acceptors (Lipinski definition) is 4. The van der Waals surface area contributed by atoms with Crippen molar-refractivity contribution in [3.63, 3.8) is 0 Å². The first-order valence-electron chi connectivity index (χ1n) is 9.71. The molecule has 0 radical (unpaired) electrons. The van der Waals surface area contributed by atoms with Gasteiger partial charge in [0, 0.05) is 24.2 Å². The largest absolute Gasteiger partial charge is 0.493 e. The number of methoxy groups -OCH3 is 1. The van der Waals surface area contributed by atoms with E-state index in [1.54, 1.807) is 29.2 Å². The number of hydrogen-bond donors (Lipinski definition) is 1. The fourth-order valence-corrected chi connectivity index (χ4v) is 3.56. The van der Waals surface area contributed by atoms with Crippen molar-refractivity contribution >= 4 is 46.4 Å². The zero-order valence-electron chi connectivity index (χ0n) is 17.1. The number of halogens is 2. The van der Waals surface area contributed by atoms with Crippen LogP contribution < -0.4 is 19.7 Å². The molecule has 1 saturated heterocycles. The number of nitrogens with one attached hydrogen (secondary N) is 1. The first-order valence-corrected chi connectivity index (χ1v) is 10.5. The predicted molar refractivity (Wildman–Crippen MR) is 119 cm³/mol. The summed E-state index contributed by atoms with van der Waals surface area (Å²) in [5.41, 5.74) is 1.41. The van der Waals surface area contributed by atoms with Gasteiger partial charge in [-0.15, -0.1) is 0 Å². The molecule has 0 aromatic heterocycles. The van der Waals surface area contributed by atoms with E-state index in [1.807, 2.05) is 13.8 Å². The van der Waals surface area contributed by atoms with Crippen LogP contribution in [0.2, 0.25) is 10.0 Å². The fraction of sp³-hybridized carbons (Fsp3) is 0.364. The van der Waals surface area contributed by atoms with E-state index in [2.05, 4.69) is 5.32 Å². The van der Waals surface area contributed by atoms with Gasteiger partial charge < -0.3 is 19.7 Å². The third-order valence-electron chi connectivity index (χ3n) is 4.64. The van der Waals surface area contributed by atoms with Gasteiger partial charge in [0.2, 0.25) is 5.91 Å². The van der Waals surface area contributed by atoms with E-state index in [0.717, 1.165) is 6.42 Å². The molecule has 1 N–H and O–H groups in total. The van der Waals surface area contributed by atoms with Gasteiger partial charge in [0.25, 0.3) is 5.91 Å². The SMILES string of the molecule is COc1cc(C(=O)Nc2cc(N3CCCC3=O)ccc2Cl)cc(Cl)c1OCC(C)C. The maximum Gasteiger partial charge on any atom is 0.255 e. The van der Waals surface area contributed by atoms with Crippen molar-refractivity contribution in [3.8, 4) is 11.5 Å². The Morgan fingerprint density at radius 1 is 1.20 bits per heavy atom. The maximum atomic E-state index is 12.9. The van der Waals surface area contributed by atoms with Crippen molar-refractivity contribution in [3.05, 3.63) is 45.9 Å². The maximum absolute atomic E-state index is 12.9. The molecule has 6 nitrogen and oxygen atoms in total. The average Bonchev–Trinajstić information content (AvgIpc) is 3.13. The van der Waals surface area contributed by atoms with Crippen LogP contribution in [0.3, 0.4) is 0 Å². The number of carbonyl (C=O) groups excluding carboxylic acids is 2. The topological polar surface area (TPSA) is 67.9 Å². The Morgan fingerprint density at radius 2 is 1.97 bits per heavy atom. The monoisotopic (exact) mass is 450 g/mol. The van der Waals surface area contributed by atoms with E-state index < -0.39 is 5.91 Å². The van der Waals surface area contributed by atoms with Crippen molar-refractivity contribution in [1.82, 2.24) is 0 Å². The van der Waals surface area contributed by atoms with E-state index in [4.69, 9.17) is 32.7 Å². The van der Waals surface area contributed by atoms with Crippen LogP contribution in [-0.4, -0.2) is 32.1 Å². The molecule has 160 valence electrons. The Bertz CT molecular complexity index is 962. The molecule has 0 aliphatic carbocycles. The normalized spacial score (nSPS) is 13.7. The second kappa shape index (κ2) is 9.58. The Hall–Kier alpha value is -2.44. The van der Waals surface area contributed by atoms with Crippen LogP contribution in [-0.2, 0) is 4.79 Å². The lowest BCUT2D eigenvalue weighted by molar-refractivity contribution is -0.117. The first-order chi connectivity index (χ1) is 14.3. The van der Waals surface area contributed by atoms with Gasteiger partial charge in [-0.1, -0.05) is 37.0 Å². The van der Waals surface area contributed by atoms with Crippen molar-refractivity contribution < 1.29 is 19.1 Å². The summed E-state index contributed by atoms with van der Waals surface area (Å²) in [6.45, 7) is 5.17. The number of ether oxygens (including phenoxy) is 2. The highest BCUT2D eigenvalue weighted by molar-refractivity contribution is 6.34. The molecule has 0 atom stereocenters. The lowest BCUT2D eigenvalue weighted by Gasteiger charge is -2.18. The number of benzene rings is 2. The average molecular weight is 451 g/mol. The second-order valence-corrected chi connectivity index (χ2v) is 8.28. The van der Waals surface area contributed by atoms with Crippen LogP contribution in [0.25, 0.3) is 0 Å². The molecule has 3 rings (SSSR count). The smallest absolute Gasteiger partial charge is 0.255 e. The summed E-state index contributed by atoms with van der Waals surface area (Å²) in [6, 6.07) is 8.22. The molecule has 2 aromatic rings. The molecule has 8 heteroatoms.